The van der Waals surface area contributed by atoms with E-state index in [2.05, 4.69) is 10.1 Å². The molecule has 1 saturated heterocycles. The second kappa shape index (κ2) is 5.93. The third-order valence-electron chi connectivity index (χ3n) is 3.97. The van der Waals surface area contributed by atoms with Crippen molar-refractivity contribution in [3.63, 3.8) is 0 Å². The van der Waals surface area contributed by atoms with E-state index >= 15 is 0 Å². The number of benzene rings is 1. The van der Waals surface area contributed by atoms with Gasteiger partial charge in [0.15, 0.2) is 0 Å². The van der Waals surface area contributed by atoms with Gasteiger partial charge in [0, 0.05) is 33.2 Å². The first-order valence-electron chi connectivity index (χ1n) is 7.03. The van der Waals surface area contributed by atoms with Crippen molar-refractivity contribution in [3.05, 3.63) is 47.6 Å². The van der Waals surface area contributed by atoms with Gasteiger partial charge in [-0.15, -0.1) is 0 Å². The number of hydrogen-bond acceptors (Lipinski definition) is 6. The van der Waals surface area contributed by atoms with Crippen LogP contribution in [-0.2, 0) is 15.1 Å². The van der Waals surface area contributed by atoms with Gasteiger partial charge in [-0.05, 0) is 5.56 Å². The minimum atomic E-state index is -0.531. The molecule has 0 saturated carbocycles. The Morgan fingerprint density at radius 2 is 1.95 bits per heavy atom. The Morgan fingerprint density at radius 3 is 2.62 bits per heavy atom. The Balaban J connectivity index is 1.86. The maximum absolute atomic E-state index is 6.18. The Hall–Kier alpha value is -1.76. The molecule has 1 fully saturated rings. The zero-order chi connectivity index (χ0) is 14.7. The van der Waals surface area contributed by atoms with Crippen LogP contribution in [0.5, 0.6) is 0 Å². The van der Waals surface area contributed by atoms with E-state index in [0.717, 1.165) is 5.56 Å². The van der Waals surface area contributed by atoms with Crippen LogP contribution < -0.4 is 5.73 Å². The van der Waals surface area contributed by atoms with E-state index in [1.54, 1.807) is 7.11 Å². The number of nitrogens with zero attached hydrogens (tertiary/aromatic N) is 2. The molecule has 6 heteroatoms. The number of rotatable bonds is 4. The van der Waals surface area contributed by atoms with Crippen LogP contribution in [0.15, 0.2) is 34.9 Å². The first kappa shape index (κ1) is 14.2. The van der Waals surface area contributed by atoms with Crippen molar-refractivity contribution >= 4 is 0 Å². The highest BCUT2D eigenvalue weighted by molar-refractivity contribution is 5.23. The lowest BCUT2D eigenvalue weighted by atomic mass is 9.93. The first-order valence-corrected chi connectivity index (χ1v) is 7.03. The van der Waals surface area contributed by atoms with Gasteiger partial charge in [0.2, 0.25) is 11.7 Å². The van der Waals surface area contributed by atoms with Crippen molar-refractivity contribution in [2.75, 3.05) is 20.3 Å². The lowest BCUT2D eigenvalue weighted by Crippen LogP contribution is -2.36. The number of aromatic nitrogens is 2. The van der Waals surface area contributed by atoms with Crippen LogP contribution in [0.2, 0.25) is 0 Å². The molecule has 1 atom stereocenters. The molecular formula is C15H19N3O3. The summed E-state index contributed by atoms with van der Waals surface area (Å²) in [6, 6.07) is 9.26. The van der Waals surface area contributed by atoms with Crippen molar-refractivity contribution in [2.24, 2.45) is 5.73 Å². The summed E-state index contributed by atoms with van der Waals surface area (Å²) >= 11 is 0. The highest BCUT2D eigenvalue weighted by Gasteiger charge is 2.39. The standard InChI is InChI=1S/C15H19N3O3/c1-19-15(7-9-20-10-8-15)14-17-13(21-18-14)12(16)11-5-3-2-4-6-11/h2-6,12H,7-10,16H2,1H3/t12-/m0/s1. The Labute approximate surface area is 123 Å². The maximum Gasteiger partial charge on any atom is 0.248 e. The zero-order valence-corrected chi connectivity index (χ0v) is 12.0. The monoisotopic (exact) mass is 289 g/mol. The Kier molecular flexibility index (Phi) is 4.01. The molecule has 1 aromatic heterocycles. The molecular weight excluding hydrogens is 270 g/mol. The summed E-state index contributed by atoms with van der Waals surface area (Å²) in [7, 11) is 1.67. The second-order valence-electron chi connectivity index (χ2n) is 5.16. The molecule has 3 rings (SSSR count). The molecule has 1 aliphatic rings. The molecule has 2 aromatic rings. The van der Waals surface area contributed by atoms with Gasteiger partial charge in [0.25, 0.3) is 0 Å². The molecule has 6 nitrogen and oxygen atoms in total. The summed E-state index contributed by atoms with van der Waals surface area (Å²) in [5.41, 5.74) is 6.59. The third-order valence-corrected chi connectivity index (χ3v) is 3.97. The van der Waals surface area contributed by atoms with Gasteiger partial charge in [-0.25, -0.2) is 0 Å². The van der Waals surface area contributed by atoms with E-state index in [0.29, 0.717) is 37.8 Å². The van der Waals surface area contributed by atoms with E-state index in [-0.39, 0.29) is 0 Å². The van der Waals surface area contributed by atoms with Crippen LogP contribution in [0.3, 0.4) is 0 Å². The molecule has 2 N–H and O–H groups in total. The minimum Gasteiger partial charge on any atom is -0.381 e. The smallest absolute Gasteiger partial charge is 0.248 e. The van der Waals surface area contributed by atoms with Crippen molar-refractivity contribution in [1.29, 1.82) is 0 Å². The van der Waals surface area contributed by atoms with Crippen molar-refractivity contribution in [2.45, 2.75) is 24.5 Å². The predicted molar refractivity (Wildman–Crippen MR) is 75.5 cm³/mol. The van der Waals surface area contributed by atoms with Crippen LogP contribution in [-0.4, -0.2) is 30.5 Å². The van der Waals surface area contributed by atoms with Crippen molar-refractivity contribution in [3.8, 4) is 0 Å². The average molecular weight is 289 g/mol. The molecule has 2 heterocycles. The lowest BCUT2D eigenvalue weighted by molar-refractivity contribution is -0.101. The topological polar surface area (TPSA) is 83.4 Å². The fourth-order valence-corrected chi connectivity index (χ4v) is 2.57. The molecule has 21 heavy (non-hydrogen) atoms. The molecule has 112 valence electrons. The quantitative estimate of drug-likeness (QED) is 0.923. The fraction of sp³-hybridized carbons (Fsp3) is 0.467. The van der Waals surface area contributed by atoms with E-state index in [4.69, 9.17) is 19.7 Å². The van der Waals surface area contributed by atoms with Crippen molar-refractivity contribution in [1.82, 2.24) is 10.1 Å². The van der Waals surface area contributed by atoms with Crippen LogP contribution in [0.4, 0.5) is 0 Å². The summed E-state index contributed by atoms with van der Waals surface area (Å²) in [6.07, 6.45) is 1.42. The largest absolute Gasteiger partial charge is 0.381 e. The van der Waals surface area contributed by atoms with E-state index in [9.17, 15) is 0 Å². The summed E-state index contributed by atoms with van der Waals surface area (Å²) in [6.45, 7) is 1.25. The normalized spacial score (nSPS) is 19.3. The molecule has 0 spiro atoms. The molecule has 1 aromatic carbocycles. The van der Waals surface area contributed by atoms with Gasteiger partial charge < -0.3 is 19.7 Å². The Morgan fingerprint density at radius 1 is 1.24 bits per heavy atom. The average Bonchev–Trinajstić information content (AvgIpc) is 3.06. The summed E-state index contributed by atoms with van der Waals surface area (Å²) < 4.78 is 16.4. The lowest BCUT2D eigenvalue weighted by Gasteiger charge is -2.32. The third kappa shape index (κ3) is 2.70. The van der Waals surface area contributed by atoms with Crippen LogP contribution in [0.25, 0.3) is 0 Å². The Bertz CT molecular complexity index is 579. The maximum atomic E-state index is 6.18. The van der Waals surface area contributed by atoms with Gasteiger partial charge in [-0.3, -0.25) is 0 Å². The molecule has 0 unspecified atom stereocenters. The first-order chi connectivity index (χ1) is 10.2. The van der Waals surface area contributed by atoms with Gasteiger partial charge in [-0.1, -0.05) is 35.5 Å². The van der Waals surface area contributed by atoms with Crippen LogP contribution in [0.1, 0.15) is 36.2 Å². The predicted octanol–water partition coefficient (Wildman–Crippen LogP) is 1.77. The number of hydrogen-bond donors (Lipinski definition) is 1. The van der Waals surface area contributed by atoms with Gasteiger partial charge >= 0.3 is 0 Å². The number of methoxy groups -OCH3 is 1. The molecule has 0 bridgehead atoms. The van der Waals surface area contributed by atoms with E-state index in [1.165, 1.54) is 0 Å². The molecule has 0 radical (unpaired) electrons. The van der Waals surface area contributed by atoms with Crippen molar-refractivity contribution < 1.29 is 14.0 Å². The molecule has 0 aliphatic carbocycles. The van der Waals surface area contributed by atoms with Crippen LogP contribution >= 0.6 is 0 Å². The highest BCUT2D eigenvalue weighted by Crippen LogP contribution is 2.34. The van der Waals surface area contributed by atoms with Crippen LogP contribution in [0, 0.1) is 0 Å². The highest BCUT2D eigenvalue weighted by atomic mass is 16.5. The van der Waals surface area contributed by atoms with E-state index in [1.807, 2.05) is 30.3 Å². The second-order valence-corrected chi connectivity index (χ2v) is 5.16. The minimum absolute atomic E-state index is 0.402. The SMILES string of the molecule is COC1(c2noc([C@@H](N)c3ccccc3)n2)CCOCC1. The van der Waals surface area contributed by atoms with E-state index < -0.39 is 11.6 Å². The van der Waals surface area contributed by atoms with Gasteiger partial charge in [0.05, 0.1) is 0 Å². The van der Waals surface area contributed by atoms with Gasteiger partial charge in [0.1, 0.15) is 11.6 Å². The number of ether oxygens (including phenoxy) is 2. The summed E-state index contributed by atoms with van der Waals surface area (Å²) in [5.74, 6) is 0.953. The summed E-state index contributed by atoms with van der Waals surface area (Å²) in [5, 5.41) is 4.08. The zero-order valence-electron chi connectivity index (χ0n) is 12.0. The molecule has 1 aliphatic heterocycles. The number of nitrogens with two attached hydrogens (primary N) is 1. The van der Waals surface area contributed by atoms with Gasteiger partial charge in [-0.2, -0.15) is 4.98 Å². The fourth-order valence-electron chi connectivity index (χ4n) is 2.57. The molecule has 0 amide bonds. The summed E-state index contributed by atoms with van der Waals surface area (Å²) in [4.78, 5) is 4.47.